The molecule has 1 heterocycles. The largest absolute Gasteiger partial charge is 0.503 e. The lowest BCUT2D eigenvalue weighted by atomic mass is 9.90. The van der Waals surface area contributed by atoms with Crippen molar-refractivity contribution in [3.8, 4) is 5.75 Å². The molecule has 28 heavy (non-hydrogen) atoms. The molecule has 0 aliphatic carbocycles. The first-order valence-electron chi connectivity index (χ1n) is 9.29. The molecule has 3 rings (SSSR count). The molecule has 5 heteroatoms. The highest BCUT2D eigenvalue weighted by atomic mass is 16.5. The number of carbonyl (C=O) groups is 2. The summed E-state index contributed by atoms with van der Waals surface area (Å²) < 4.78 is 5.50. The smallest absolute Gasteiger partial charge is 0.294 e. The first-order valence-corrected chi connectivity index (χ1v) is 9.29. The number of methoxy groups -OCH3 is 1. The third-order valence-corrected chi connectivity index (χ3v) is 5.04. The molecule has 2 aromatic carbocycles. The third kappa shape index (κ3) is 3.17. The Morgan fingerprint density at radius 1 is 1.14 bits per heavy atom. The van der Waals surface area contributed by atoms with E-state index in [1.165, 1.54) is 4.90 Å². The Hall–Kier alpha value is -3.08. The minimum absolute atomic E-state index is 0.115. The van der Waals surface area contributed by atoms with E-state index in [9.17, 15) is 14.7 Å². The fourth-order valence-corrected chi connectivity index (χ4v) is 3.68. The predicted octanol–water partition coefficient (Wildman–Crippen LogP) is 4.44. The summed E-state index contributed by atoms with van der Waals surface area (Å²) >= 11 is 0. The number of ether oxygens (including phenoxy) is 1. The third-order valence-electron chi connectivity index (χ3n) is 5.04. The molecular weight excluding hydrogens is 354 g/mol. The second-order valence-corrected chi connectivity index (χ2v) is 7.39. The molecule has 1 unspecified atom stereocenters. The summed E-state index contributed by atoms with van der Waals surface area (Å²) in [5.74, 6) is -1.13. The summed E-state index contributed by atoms with van der Waals surface area (Å²) in [4.78, 5) is 27.5. The number of anilines is 1. The Balaban J connectivity index is 2.27. The number of rotatable bonds is 5. The molecule has 0 bridgehead atoms. The number of ketones is 1. The van der Waals surface area contributed by atoms with Crippen molar-refractivity contribution in [1.29, 1.82) is 0 Å². The van der Waals surface area contributed by atoms with Gasteiger partial charge < -0.3 is 9.84 Å². The molecule has 1 aliphatic rings. The monoisotopic (exact) mass is 379 g/mol. The van der Waals surface area contributed by atoms with E-state index < -0.39 is 17.7 Å². The molecule has 1 N–H and O–H groups in total. The van der Waals surface area contributed by atoms with E-state index in [1.54, 1.807) is 27.0 Å². The van der Waals surface area contributed by atoms with Gasteiger partial charge in [-0.25, -0.2) is 0 Å². The highest BCUT2D eigenvalue weighted by molar-refractivity contribution is 6.17. The van der Waals surface area contributed by atoms with Gasteiger partial charge in [0.1, 0.15) is 5.75 Å². The average Bonchev–Trinajstić information content (AvgIpc) is 2.92. The fraction of sp³-hybridized carbons (Fsp3) is 0.304. The Bertz CT molecular complexity index is 974. The van der Waals surface area contributed by atoms with Gasteiger partial charge in [0.25, 0.3) is 5.91 Å². The predicted molar refractivity (Wildman–Crippen MR) is 109 cm³/mol. The highest BCUT2D eigenvalue weighted by Gasteiger charge is 2.46. The van der Waals surface area contributed by atoms with Crippen LogP contribution in [0, 0.1) is 19.8 Å². The molecule has 0 saturated carbocycles. The number of hydrogen-bond donors (Lipinski definition) is 1. The van der Waals surface area contributed by atoms with Crippen molar-refractivity contribution in [3.05, 3.63) is 70.5 Å². The second-order valence-electron chi connectivity index (χ2n) is 7.39. The van der Waals surface area contributed by atoms with Crippen LogP contribution in [0.4, 0.5) is 5.69 Å². The SMILES string of the molecule is COc1ccccc1C1C(C(=O)C(C)C)=C(O)C(=O)N1c1ccc(C)cc1C. The van der Waals surface area contributed by atoms with Crippen LogP contribution >= 0.6 is 0 Å². The van der Waals surface area contributed by atoms with Crippen LogP contribution in [0.25, 0.3) is 0 Å². The summed E-state index contributed by atoms with van der Waals surface area (Å²) in [6, 6.07) is 12.2. The summed E-state index contributed by atoms with van der Waals surface area (Å²) in [6.45, 7) is 7.40. The zero-order valence-electron chi connectivity index (χ0n) is 16.8. The molecule has 0 fully saturated rings. The summed E-state index contributed by atoms with van der Waals surface area (Å²) in [7, 11) is 1.55. The first-order chi connectivity index (χ1) is 13.3. The number of Topliss-reactive ketones (excluding diaryl/α,β-unsaturated/α-hetero) is 1. The van der Waals surface area contributed by atoms with Gasteiger partial charge in [0.05, 0.1) is 18.7 Å². The van der Waals surface area contributed by atoms with Crippen LogP contribution in [-0.4, -0.2) is 23.9 Å². The van der Waals surface area contributed by atoms with E-state index >= 15 is 0 Å². The van der Waals surface area contributed by atoms with E-state index in [0.717, 1.165) is 11.1 Å². The van der Waals surface area contributed by atoms with Crippen molar-refractivity contribution in [3.63, 3.8) is 0 Å². The normalized spacial score (nSPS) is 16.9. The van der Waals surface area contributed by atoms with Gasteiger partial charge in [-0.2, -0.15) is 0 Å². The molecule has 1 aliphatic heterocycles. The van der Waals surface area contributed by atoms with Gasteiger partial charge in [0.15, 0.2) is 11.5 Å². The Labute approximate surface area is 165 Å². The number of aliphatic hydroxyl groups excluding tert-OH is 1. The summed E-state index contributed by atoms with van der Waals surface area (Å²) in [5, 5.41) is 10.7. The number of benzene rings is 2. The molecule has 0 saturated heterocycles. The molecule has 0 radical (unpaired) electrons. The van der Waals surface area contributed by atoms with Crippen LogP contribution in [0.2, 0.25) is 0 Å². The Morgan fingerprint density at radius 3 is 2.43 bits per heavy atom. The maximum Gasteiger partial charge on any atom is 0.294 e. The number of aryl methyl sites for hydroxylation is 2. The average molecular weight is 379 g/mol. The van der Waals surface area contributed by atoms with E-state index in [0.29, 0.717) is 17.0 Å². The maximum atomic E-state index is 13.1. The molecule has 1 amide bonds. The van der Waals surface area contributed by atoms with Crippen LogP contribution in [0.1, 0.15) is 36.6 Å². The van der Waals surface area contributed by atoms with Gasteiger partial charge in [-0.3, -0.25) is 14.5 Å². The summed E-state index contributed by atoms with van der Waals surface area (Å²) in [5.41, 5.74) is 3.39. The quantitative estimate of drug-likeness (QED) is 0.834. The highest BCUT2D eigenvalue weighted by Crippen LogP contribution is 2.45. The van der Waals surface area contributed by atoms with Crippen molar-refractivity contribution in [2.24, 2.45) is 5.92 Å². The molecule has 1 atom stereocenters. The van der Waals surface area contributed by atoms with E-state index in [2.05, 4.69) is 0 Å². The number of para-hydroxylation sites is 1. The standard InChI is InChI=1S/C23H25NO4/c1-13(2)21(25)19-20(16-8-6-7-9-18(16)28-5)24(23(27)22(19)26)17-11-10-14(3)12-15(17)4/h6-13,20,26H,1-5H3. The minimum atomic E-state index is -0.750. The summed E-state index contributed by atoms with van der Waals surface area (Å²) in [6.07, 6.45) is 0. The van der Waals surface area contributed by atoms with Crippen LogP contribution in [0.5, 0.6) is 5.75 Å². The second kappa shape index (κ2) is 7.50. The maximum absolute atomic E-state index is 13.1. The zero-order valence-corrected chi connectivity index (χ0v) is 16.8. The molecule has 5 nitrogen and oxygen atoms in total. The van der Waals surface area contributed by atoms with Gasteiger partial charge in [0, 0.05) is 17.2 Å². The van der Waals surface area contributed by atoms with Crippen LogP contribution in [0.15, 0.2) is 53.8 Å². The van der Waals surface area contributed by atoms with Gasteiger partial charge >= 0.3 is 0 Å². The molecule has 146 valence electrons. The van der Waals surface area contributed by atoms with Crippen molar-refractivity contribution in [1.82, 2.24) is 0 Å². The number of amides is 1. The van der Waals surface area contributed by atoms with Crippen molar-refractivity contribution in [2.45, 2.75) is 33.7 Å². The lowest BCUT2D eigenvalue weighted by Gasteiger charge is -2.29. The number of carbonyl (C=O) groups excluding carboxylic acids is 2. The van der Waals surface area contributed by atoms with E-state index in [1.807, 2.05) is 50.2 Å². The molecule has 2 aromatic rings. The van der Waals surface area contributed by atoms with Gasteiger partial charge in [-0.05, 0) is 31.5 Å². The van der Waals surface area contributed by atoms with Gasteiger partial charge in [0.2, 0.25) is 0 Å². The lowest BCUT2D eigenvalue weighted by Crippen LogP contribution is -2.32. The van der Waals surface area contributed by atoms with E-state index in [-0.39, 0.29) is 17.3 Å². The molecular formula is C23H25NO4. The first kappa shape index (κ1) is 19.7. The van der Waals surface area contributed by atoms with E-state index in [4.69, 9.17) is 4.74 Å². The number of aliphatic hydroxyl groups is 1. The molecule has 0 aromatic heterocycles. The van der Waals surface area contributed by atoms with Crippen molar-refractivity contribution in [2.75, 3.05) is 12.0 Å². The van der Waals surface area contributed by atoms with Crippen molar-refractivity contribution >= 4 is 17.4 Å². The molecule has 0 spiro atoms. The van der Waals surface area contributed by atoms with Gasteiger partial charge in [-0.15, -0.1) is 0 Å². The van der Waals surface area contributed by atoms with Crippen LogP contribution in [-0.2, 0) is 9.59 Å². The van der Waals surface area contributed by atoms with Gasteiger partial charge in [-0.1, -0.05) is 49.7 Å². The van der Waals surface area contributed by atoms with Crippen LogP contribution in [0.3, 0.4) is 0 Å². The number of hydrogen-bond acceptors (Lipinski definition) is 4. The Morgan fingerprint density at radius 2 is 1.82 bits per heavy atom. The minimum Gasteiger partial charge on any atom is -0.503 e. The lowest BCUT2D eigenvalue weighted by molar-refractivity contribution is -0.119. The topological polar surface area (TPSA) is 66.8 Å². The number of nitrogens with zero attached hydrogens (tertiary/aromatic N) is 1. The van der Waals surface area contributed by atoms with Crippen LogP contribution < -0.4 is 9.64 Å². The fourth-order valence-electron chi connectivity index (χ4n) is 3.68. The van der Waals surface area contributed by atoms with Crippen molar-refractivity contribution < 1.29 is 19.4 Å². The Kier molecular flexibility index (Phi) is 5.27. The zero-order chi connectivity index (χ0) is 20.6.